The number of rotatable bonds is 2. The smallest absolute Gasteiger partial charge is 0.302 e. The first-order valence-corrected chi connectivity index (χ1v) is 4.57. The minimum Gasteiger partial charge on any atom is -0.302 e. The molecule has 72 valence electrons. The first kappa shape index (κ1) is 8.50. The molecule has 2 rings (SSSR count). The Morgan fingerprint density at radius 1 is 1.23 bits per heavy atom. The van der Waals surface area contributed by atoms with E-state index >= 15 is 0 Å². The van der Waals surface area contributed by atoms with E-state index in [2.05, 4.69) is 10.2 Å². The van der Waals surface area contributed by atoms with E-state index in [0.717, 1.165) is 13.1 Å². The highest BCUT2D eigenvalue weighted by Gasteiger charge is 2.28. The highest BCUT2D eigenvalue weighted by Crippen LogP contribution is 2.09. The predicted molar refractivity (Wildman–Crippen MR) is 45.9 cm³/mol. The van der Waals surface area contributed by atoms with E-state index in [1.54, 1.807) is 4.90 Å². The SMILES string of the molecule is O=C1CN(CN2CCCC2)C(=O)N1. The predicted octanol–water partition coefficient (Wildman–Crippen LogP) is -0.409. The Morgan fingerprint density at radius 3 is 2.46 bits per heavy atom. The molecule has 5 nitrogen and oxygen atoms in total. The van der Waals surface area contributed by atoms with Crippen LogP contribution in [0.3, 0.4) is 0 Å². The molecule has 2 aliphatic heterocycles. The van der Waals surface area contributed by atoms with Gasteiger partial charge in [-0.2, -0.15) is 0 Å². The zero-order chi connectivity index (χ0) is 9.26. The van der Waals surface area contributed by atoms with Crippen LogP contribution in [0.15, 0.2) is 0 Å². The van der Waals surface area contributed by atoms with Gasteiger partial charge in [0.25, 0.3) is 0 Å². The summed E-state index contributed by atoms with van der Waals surface area (Å²) in [6.45, 7) is 2.89. The molecule has 0 saturated carbocycles. The number of urea groups is 1. The van der Waals surface area contributed by atoms with E-state index in [1.807, 2.05) is 0 Å². The average Bonchev–Trinajstić information content (AvgIpc) is 2.63. The van der Waals surface area contributed by atoms with Crippen LogP contribution in [0.25, 0.3) is 0 Å². The summed E-state index contributed by atoms with van der Waals surface area (Å²) < 4.78 is 0. The fourth-order valence-electron chi connectivity index (χ4n) is 1.76. The number of hydrogen-bond donors (Lipinski definition) is 1. The van der Waals surface area contributed by atoms with Gasteiger partial charge in [-0.1, -0.05) is 0 Å². The second-order valence-electron chi connectivity index (χ2n) is 3.52. The summed E-state index contributed by atoms with van der Waals surface area (Å²) in [5.41, 5.74) is 0. The largest absolute Gasteiger partial charge is 0.325 e. The van der Waals surface area contributed by atoms with Crippen molar-refractivity contribution < 1.29 is 9.59 Å². The van der Waals surface area contributed by atoms with Crippen molar-refractivity contribution in [2.45, 2.75) is 12.8 Å². The molecule has 0 unspecified atom stereocenters. The second kappa shape index (κ2) is 3.33. The molecule has 0 atom stereocenters. The van der Waals surface area contributed by atoms with Crippen LogP contribution in [0, 0.1) is 0 Å². The highest BCUT2D eigenvalue weighted by molar-refractivity contribution is 6.01. The average molecular weight is 183 g/mol. The molecule has 0 aromatic rings. The van der Waals surface area contributed by atoms with E-state index in [0.29, 0.717) is 6.67 Å². The van der Waals surface area contributed by atoms with Gasteiger partial charge in [0.15, 0.2) is 0 Å². The fourth-order valence-corrected chi connectivity index (χ4v) is 1.76. The number of likely N-dealkylation sites (tertiary alicyclic amines) is 1. The molecule has 2 aliphatic rings. The second-order valence-corrected chi connectivity index (χ2v) is 3.52. The summed E-state index contributed by atoms with van der Waals surface area (Å²) in [5.74, 6) is -0.191. The number of carbonyl (C=O) groups excluding carboxylic acids is 2. The molecule has 2 saturated heterocycles. The lowest BCUT2D eigenvalue weighted by atomic mass is 10.4. The van der Waals surface area contributed by atoms with Crippen molar-refractivity contribution in [3.05, 3.63) is 0 Å². The van der Waals surface area contributed by atoms with Crippen molar-refractivity contribution in [3.63, 3.8) is 0 Å². The molecule has 0 spiro atoms. The first-order chi connectivity index (χ1) is 6.25. The third kappa shape index (κ3) is 1.80. The van der Waals surface area contributed by atoms with Gasteiger partial charge in [-0.3, -0.25) is 15.0 Å². The summed E-state index contributed by atoms with van der Waals surface area (Å²) >= 11 is 0. The van der Waals surface area contributed by atoms with E-state index < -0.39 is 0 Å². The lowest BCUT2D eigenvalue weighted by molar-refractivity contribution is -0.118. The summed E-state index contributed by atoms with van der Waals surface area (Å²) in [5, 5.41) is 2.26. The number of amides is 3. The first-order valence-electron chi connectivity index (χ1n) is 4.57. The summed E-state index contributed by atoms with van der Waals surface area (Å²) in [7, 11) is 0. The normalized spacial score (nSPS) is 24.2. The van der Waals surface area contributed by atoms with Crippen molar-refractivity contribution in [2.75, 3.05) is 26.3 Å². The maximum absolute atomic E-state index is 11.1. The molecule has 0 aromatic heterocycles. The van der Waals surface area contributed by atoms with Crippen LogP contribution >= 0.6 is 0 Å². The summed E-state index contributed by atoms with van der Waals surface area (Å²) in [4.78, 5) is 25.7. The minimum atomic E-state index is -0.253. The molecular weight excluding hydrogens is 170 g/mol. The molecule has 0 aliphatic carbocycles. The van der Waals surface area contributed by atoms with Crippen molar-refractivity contribution in [1.29, 1.82) is 0 Å². The highest BCUT2D eigenvalue weighted by atomic mass is 16.2. The molecule has 2 heterocycles. The van der Waals surface area contributed by atoms with Crippen molar-refractivity contribution in [1.82, 2.24) is 15.1 Å². The molecule has 2 fully saturated rings. The summed E-state index contributed by atoms with van der Waals surface area (Å²) in [6.07, 6.45) is 2.40. The Morgan fingerprint density at radius 2 is 1.92 bits per heavy atom. The number of imide groups is 1. The van der Waals surface area contributed by atoms with Crippen LogP contribution in [0.5, 0.6) is 0 Å². The molecule has 13 heavy (non-hydrogen) atoms. The van der Waals surface area contributed by atoms with E-state index in [1.165, 1.54) is 12.8 Å². The van der Waals surface area contributed by atoms with E-state index in [9.17, 15) is 9.59 Å². The number of carbonyl (C=O) groups is 2. The lowest BCUT2D eigenvalue weighted by Crippen LogP contribution is -2.38. The maximum Gasteiger partial charge on any atom is 0.325 e. The van der Waals surface area contributed by atoms with Gasteiger partial charge in [0.2, 0.25) is 5.91 Å². The standard InChI is InChI=1S/C8H13N3O2/c12-7-5-11(8(13)9-7)6-10-3-1-2-4-10/h1-6H2,(H,9,12,13). The van der Waals surface area contributed by atoms with Crippen LogP contribution in [-0.2, 0) is 4.79 Å². The Kier molecular flexibility index (Phi) is 2.18. The molecular formula is C8H13N3O2. The Labute approximate surface area is 76.7 Å². The van der Waals surface area contributed by atoms with Crippen LogP contribution < -0.4 is 5.32 Å². The van der Waals surface area contributed by atoms with Crippen LogP contribution in [-0.4, -0.2) is 48.0 Å². The van der Waals surface area contributed by atoms with Gasteiger partial charge >= 0.3 is 6.03 Å². The van der Waals surface area contributed by atoms with Gasteiger partial charge < -0.3 is 4.90 Å². The monoisotopic (exact) mass is 183 g/mol. The maximum atomic E-state index is 11.1. The van der Waals surface area contributed by atoms with Gasteiger partial charge in [0, 0.05) is 0 Å². The third-order valence-corrected chi connectivity index (χ3v) is 2.44. The van der Waals surface area contributed by atoms with Crippen LogP contribution in [0.2, 0.25) is 0 Å². The lowest BCUT2D eigenvalue weighted by Gasteiger charge is -2.21. The molecule has 0 bridgehead atoms. The zero-order valence-corrected chi connectivity index (χ0v) is 7.45. The van der Waals surface area contributed by atoms with Crippen LogP contribution in [0.4, 0.5) is 4.79 Å². The number of nitrogens with zero attached hydrogens (tertiary/aromatic N) is 2. The molecule has 0 radical (unpaired) electrons. The molecule has 5 heteroatoms. The molecule has 0 aromatic carbocycles. The van der Waals surface area contributed by atoms with E-state index in [4.69, 9.17) is 0 Å². The fraction of sp³-hybridized carbons (Fsp3) is 0.750. The van der Waals surface area contributed by atoms with E-state index in [-0.39, 0.29) is 18.5 Å². The van der Waals surface area contributed by atoms with Crippen molar-refractivity contribution >= 4 is 11.9 Å². The number of hydrogen-bond acceptors (Lipinski definition) is 3. The van der Waals surface area contributed by atoms with Gasteiger partial charge in [-0.05, 0) is 25.9 Å². The Hall–Kier alpha value is -1.10. The third-order valence-electron chi connectivity index (χ3n) is 2.44. The van der Waals surface area contributed by atoms with Crippen molar-refractivity contribution in [3.8, 4) is 0 Å². The zero-order valence-electron chi connectivity index (χ0n) is 7.45. The van der Waals surface area contributed by atoms with Gasteiger partial charge in [0.1, 0.15) is 6.54 Å². The minimum absolute atomic E-state index is 0.191. The van der Waals surface area contributed by atoms with Gasteiger partial charge in [-0.15, -0.1) is 0 Å². The molecule has 3 amide bonds. The van der Waals surface area contributed by atoms with Crippen molar-refractivity contribution in [2.24, 2.45) is 0 Å². The quantitative estimate of drug-likeness (QED) is 0.592. The van der Waals surface area contributed by atoms with Gasteiger partial charge in [-0.25, -0.2) is 4.79 Å². The summed E-state index contributed by atoms with van der Waals surface area (Å²) in [6, 6.07) is -0.253. The Bertz CT molecular complexity index is 236. The number of nitrogens with one attached hydrogen (secondary N) is 1. The van der Waals surface area contributed by atoms with Crippen LogP contribution in [0.1, 0.15) is 12.8 Å². The van der Waals surface area contributed by atoms with Gasteiger partial charge in [0.05, 0.1) is 6.67 Å². The molecule has 1 N–H and O–H groups in total. The topological polar surface area (TPSA) is 52.7 Å². The Balaban J connectivity index is 1.87.